The molecular formula is C13H28N2O. The lowest BCUT2D eigenvalue weighted by molar-refractivity contribution is 0.0467. The lowest BCUT2D eigenvalue weighted by Crippen LogP contribution is -2.45. The zero-order chi connectivity index (χ0) is 12.0. The molecule has 1 aliphatic rings. The molecule has 1 fully saturated rings. The van der Waals surface area contributed by atoms with E-state index in [9.17, 15) is 0 Å². The van der Waals surface area contributed by atoms with Crippen LogP contribution >= 0.6 is 0 Å². The van der Waals surface area contributed by atoms with Crippen molar-refractivity contribution in [2.45, 2.75) is 32.7 Å². The van der Waals surface area contributed by atoms with Crippen LogP contribution in [0.15, 0.2) is 0 Å². The van der Waals surface area contributed by atoms with Crippen LogP contribution < -0.4 is 5.32 Å². The maximum atomic E-state index is 5.41. The second-order valence-electron chi connectivity index (χ2n) is 5.36. The molecule has 3 heteroatoms. The molecule has 1 heterocycles. The van der Waals surface area contributed by atoms with Crippen molar-refractivity contribution >= 4 is 0 Å². The van der Waals surface area contributed by atoms with Gasteiger partial charge in [-0.1, -0.05) is 13.8 Å². The highest BCUT2D eigenvalue weighted by molar-refractivity contribution is 4.77. The maximum absolute atomic E-state index is 5.41. The van der Waals surface area contributed by atoms with E-state index in [0.717, 1.165) is 25.7 Å². The molecule has 0 aromatic rings. The second-order valence-corrected chi connectivity index (χ2v) is 5.36. The summed E-state index contributed by atoms with van der Waals surface area (Å²) in [6.45, 7) is 8.82. The minimum absolute atomic E-state index is 0.646. The topological polar surface area (TPSA) is 24.5 Å². The molecule has 96 valence electrons. The molecule has 1 rings (SSSR count). The van der Waals surface area contributed by atoms with Crippen molar-refractivity contribution in [1.29, 1.82) is 0 Å². The molecule has 1 N–H and O–H groups in total. The highest BCUT2D eigenvalue weighted by atomic mass is 16.5. The van der Waals surface area contributed by atoms with Gasteiger partial charge >= 0.3 is 0 Å². The smallest absolute Gasteiger partial charge is 0.0469 e. The van der Waals surface area contributed by atoms with Gasteiger partial charge in [0.15, 0.2) is 0 Å². The Morgan fingerprint density at radius 1 is 1.31 bits per heavy atom. The van der Waals surface area contributed by atoms with Crippen molar-refractivity contribution in [1.82, 2.24) is 10.2 Å². The SMILES string of the molecule is CNCC(C(C)C)N(C)CC1CCOCC1. The summed E-state index contributed by atoms with van der Waals surface area (Å²) >= 11 is 0. The summed E-state index contributed by atoms with van der Waals surface area (Å²) in [4.78, 5) is 2.52. The summed E-state index contributed by atoms with van der Waals surface area (Å²) in [5, 5.41) is 3.30. The van der Waals surface area contributed by atoms with Crippen LogP contribution in [-0.4, -0.2) is 51.3 Å². The third kappa shape index (κ3) is 4.40. The zero-order valence-electron chi connectivity index (χ0n) is 11.3. The van der Waals surface area contributed by atoms with Crippen molar-refractivity contribution in [2.75, 3.05) is 40.4 Å². The van der Waals surface area contributed by atoms with Crippen LogP contribution in [0.25, 0.3) is 0 Å². The fourth-order valence-electron chi connectivity index (χ4n) is 2.58. The molecule has 0 radical (unpaired) electrons. The van der Waals surface area contributed by atoms with Crippen molar-refractivity contribution in [2.24, 2.45) is 11.8 Å². The van der Waals surface area contributed by atoms with E-state index in [2.05, 4.69) is 31.1 Å². The average molecular weight is 228 g/mol. The highest BCUT2D eigenvalue weighted by Gasteiger charge is 2.22. The van der Waals surface area contributed by atoms with Crippen LogP contribution in [0.1, 0.15) is 26.7 Å². The zero-order valence-corrected chi connectivity index (χ0v) is 11.3. The number of likely N-dealkylation sites (N-methyl/N-ethyl adjacent to an activating group) is 2. The van der Waals surface area contributed by atoms with Gasteiger partial charge in [0.2, 0.25) is 0 Å². The van der Waals surface area contributed by atoms with Crippen LogP contribution in [0.4, 0.5) is 0 Å². The molecule has 16 heavy (non-hydrogen) atoms. The lowest BCUT2D eigenvalue weighted by atomic mass is 9.97. The van der Waals surface area contributed by atoms with Crippen molar-refractivity contribution in [3.05, 3.63) is 0 Å². The van der Waals surface area contributed by atoms with Crippen LogP contribution in [-0.2, 0) is 4.74 Å². The predicted octanol–water partition coefficient (Wildman–Crippen LogP) is 1.59. The minimum Gasteiger partial charge on any atom is -0.381 e. The Labute approximate surface area is 101 Å². The Hall–Kier alpha value is -0.120. The quantitative estimate of drug-likeness (QED) is 0.747. The molecule has 0 spiro atoms. The maximum Gasteiger partial charge on any atom is 0.0469 e. The van der Waals surface area contributed by atoms with Crippen LogP contribution in [0, 0.1) is 11.8 Å². The molecule has 0 amide bonds. The van der Waals surface area contributed by atoms with Gasteiger partial charge in [-0.25, -0.2) is 0 Å². The van der Waals surface area contributed by atoms with E-state index in [0.29, 0.717) is 12.0 Å². The van der Waals surface area contributed by atoms with E-state index in [1.807, 2.05) is 7.05 Å². The molecule has 3 nitrogen and oxygen atoms in total. The summed E-state index contributed by atoms with van der Waals surface area (Å²) in [6.07, 6.45) is 2.46. The number of hydrogen-bond acceptors (Lipinski definition) is 3. The van der Waals surface area contributed by atoms with E-state index in [1.165, 1.54) is 19.4 Å². The van der Waals surface area contributed by atoms with Crippen molar-refractivity contribution in [3.63, 3.8) is 0 Å². The van der Waals surface area contributed by atoms with Gasteiger partial charge in [-0.2, -0.15) is 0 Å². The fourth-order valence-corrected chi connectivity index (χ4v) is 2.58. The Bertz CT molecular complexity index is 179. The Balaban J connectivity index is 2.37. The van der Waals surface area contributed by atoms with Gasteiger partial charge in [0.1, 0.15) is 0 Å². The van der Waals surface area contributed by atoms with Gasteiger partial charge in [0.05, 0.1) is 0 Å². The lowest BCUT2D eigenvalue weighted by Gasteiger charge is -2.35. The molecule has 0 bridgehead atoms. The molecule has 0 aromatic carbocycles. The van der Waals surface area contributed by atoms with E-state index in [-0.39, 0.29) is 0 Å². The normalized spacial score (nSPS) is 20.6. The first-order valence-electron chi connectivity index (χ1n) is 6.57. The van der Waals surface area contributed by atoms with Crippen LogP contribution in [0.2, 0.25) is 0 Å². The fraction of sp³-hybridized carbons (Fsp3) is 1.00. The molecule has 0 aliphatic carbocycles. The standard InChI is InChI=1S/C13H28N2O/c1-11(2)13(9-14-3)15(4)10-12-5-7-16-8-6-12/h11-14H,5-10H2,1-4H3. The summed E-state index contributed by atoms with van der Waals surface area (Å²) in [7, 11) is 4.30. The summed E-state index contributed by atoms with van der Waals surface area (Å²) < 4.78 is 5.41. The van der Waals surface area contributed by atoms with Gasteiger partial charge in [0.25, 0.3) is 0 Å². The number of nitrogens with zero attached hydrogens (tertiary/aromatic N) is 1. The molecular weight excluding hydrogens is 200 g/mol. The number of rotatable bonds is 6. The summed E-state index contributed by atoms with van der Waals surface area (Å²) in [6, 6.07) is 0.646. The number of ether oxygens (including phenoxy) is 1. The van der Waals surface area contributed by atoms with Gasteiger partial charge in [-0.3, -0.25) is 0 Å². The molecule has 0 saturated carbocycles. The highest BCUT2D eigenvalue weighted by Crippen LogP contribution is 2.18. The monoisotopic (exact) mass is 228 g/mol. The number of nitrogens with one attached hydrogen (secondary N) is 1. The van der Waals surface area contributed by atoms with E-state index in [4.69, 9.17) is 4.74 Å². The van der Waals surface area contributed by atoms with Gasteiger partial charge in [-0.05, 0) is 38.8 Å². The van der Waals surface area contributed by atoms with Crippen molar-refractivity contribution < 1.29 is 4.74 Å². The first-order chi connectivity index (χ1) is 7.65. The summed E-state index contributed by atoms with van der Waals surface area (Å²) in [5.74, 6) is 1.54. The van der Waals surface area contributed by atoms with Gasteiger partial charge in [0, 0.05) is 32.3 Å². The Kier molecular flexibility index (Phi) is 6.32. The van der Waals surface area contributed by atoms with Crippen molar-refractivity contribution in [3.8, 4) is 0 Å². The molecule has 0 aromatic heterocycles. The Morgan fingerprint density at radius 2 is 1.94 bits per heavy atom. The summed E-state index contributed by atoms with van der Waals surface area (Å²) in [5.41, 5.74) is 0. The number of hydrogen-bond donors (Lipinski definition) is 1. The molecule has 1 atom stereocenters. The average Bonchev–Trinajstić information content (AvgIpc) is 2.26. The Morgan fingerprint density at radius 3 is 2.44 bits per heavy atom. The third-order valence-corrected chi connectivity index (χ3v) is 3.64. The molecule has 1 saturated heterocycles. The minimum atomic E-state index is 0.646. The molecule has 1 unspecified atom stereocenters. The van der Waals surface area contributed by atoms with E-state index >= 15 is 0 Å². The van der Waals surface area contributed by atoms with Gasteiger partial charge in [-0.15, -0.1) is 0 Å². The third-order valence-electron chi connectivity index (χ3n) is 3.64. The van der Waals surface area contributed by atoms with Gasteiger partial charge < -0.3 is 15.0 Å². The first kappa shape index (κ1) is 13.9. The van der Waals surface area contributed by atoms with Crippen LogP contribution in [0.5, 0.6) is 0 Å². The largest absolute Gasteiger partial charge is 0.381 e. The van der Waals surface area contributed by atoms with E-state index < -0.39 is 0 Å². The van der Waals surface area contributed by atoms with Crippen LogP contribution in [0.3, 0.4) is 0 Å². The predicted molar refractivity (Wildman–Crippen MR) is 68.7 cm³/mol. The molecule has 1 aliphatic heterocycles. The first-order valence-corrected chi connectivity index (χ1v) is 6.57. The second kappa shape index (κ2) is 7.25. The van der Waals surface area contributed by atoms with E-state index in [1.54, 1.807) is 0 Å².